The van der Waals surface area contributed by atoms with E-state index in [1.54, 1.807) is 0 Å². The first-order valence-electron chi connectivity index (χ1n) is 7.33. The number of hydrogen-bond acceptors (Lipinski definition) is 3. The van der Waals surface area contributed by atoms with Crippen molar-refractivity contribution in [2.45, 2.75) is 26.7 Å². The van der Waals surface area contributed by atoms with Gasteiger partial charge in [-0.15, -0.1) is 0 Å². The van der Waals surface area contributed by atoms with Gasteiger partial charge in [0.2, 0.25) is 10.0 Å². The number of aryl methyl sites for hydroxylation is 2. The number of piperidine rings is 1. The van der Waals surface area contributed by atoms with Crippen LogP contribution in [0, 0.1) is 19.8 Å². The molecule has 21 heavy (non-hydrogen) atoms. The van der Waals surface area contributed by atoms with Crippen LogP contribution in [0.5, 0.6) is 0 Å². The zero-order valence-electron chi connectivity index (χ0n) is 12.9. The molecule has 0 amide bonds. The molecular weight excluding hydrogens is 284 g/mol. The molecule has 1 fully saturated rings. The van der Waals surface area contributed by atoms with Gasteiger partial charge in [-0.25, -0.2) is 8.42 Å². The van der Waals surface area contributed by atoms with Crippen LogP contribution in [0.1, 0.15) is 29.5 Å². The quantitative estimate of drug-likeness (QED) is 0.899. The summed E-state index contributed by atoms with van der Waals surface area (Å²) >= 11 is 0. The Hall–Kier alpha value is -1.33. The highest BCUT2D eigenvalue weighted by atomic mass is 32.2. The number of benzene rings is 1. The first kappa shape index (κ1) is 16.0. The lowest BCUT2D eigenvalue weighted by Gasteiger charge is -2.19. The van der Waals surface area contributed by atoms with Crippen molar-refractivity contribution < 1.29 is 8.42 Å². The van der Waals surface area contributed by atoms with Gasteiger partial charge >= 0.3 is 0 Å². The molecule has 1 aliphatic rings. The summed E-state index contributed by atoms with van der Waals surface area (Å²) in [6, 6.07) is 3.77. The van der Waals surface area contributed by atoms with Gasteiger partial charge in [0.15, 0.2) is 0 Å². The number of hydrogen-bond donors (Lipinski definition) is 2. The maximum absolute atomic E-state index is 11.3. The van der Waals surface area contributed by atoms with E-state index in [2.05, 4.69) is 22.2 Å². The minimum absolute atomic E-state index is 0.631. The SMILES string of the molecule is Cc1cc(NS(C)(=O)=O)cc(C)c1/C=C/C1CCNCC1. The minimum Gasteiger partial charge on any atom is -0.317 e. The molecule has 1 heterocycles. The monoisotopic (exact) mass is 308 g/mol. The second-order valence-corrected chi connectivity index (χ2v) is 7.59. The molecule has 1 aromatic rings. The zero-order valence-corrected chi connectivity index (χ0v) is 13.8. The molecule has 0 saturated carbocycles. The molecule has 0 unspecified atom stereocenters. The molecule has 1 aromatic carbocycles. The van der Waals surface area contributed by atoms with E-state index in [9.17, 15) is 8.42 Å². The maximum Gasteiger partial charge on any atom is 0.229 e. The number of allylic oxidation sites excluding steroid dienone is 1. The fourth-order valence-electron chi connectivity index (χ4n) is 2.78. The lowest BCUT2D eigenvalue weighted by atomic mass is 9.95. The average molecular weight is 308 g/mol. The Morgan fingerprint density at radius 2 is 1.76 bits per heavy atom. The van der Waals surface area contributed by atoms with E-state index in [4.69, 9.17) is 0 Å². The molecule has 1 aliphatic heterocycles. The average Bonchev–Trinajstić information content (AvgIpc) is 2.37. The number of anilines is 1. The van der Waals surface area contributed by atoms with E-state index in [-0.39, 0.29) is 0 Å². The van der Waals surface area contributed by atoms with Crippen LogP contribution in [0.25, 0.3) is 6.08 Å². The Balaban J connectivity index is 2.18. The van der Waals surface area contributed by atoms with Gasteiger partial charge in [0.25, 0.3) is 0 Å². The molecule has 2 rings (SSSR count). The van der Waals surface area contributed by atoms with Crippen LogP contribution in [0.15, 0.2) is 18.2 Å². The van der Waals surface area contributed by atoms with Crippen molar-refractivity contribution in [2.24, 2.45) is 5.92 Å². The third-order valence-electron chi connectivity index (χ3n) is 3.82. The highest BCUT2D eigenvalue weighted by molar-refractivity contribution is 7.92. The molecule has 0 atom stereocenters. The predicted octanol–water partition coefficient (Wildman–Crippen LogP) is 2.69. The van der Waals surface area contributed by atoms with Crippen LogP contribution >= 0.6 is 0 Å². The standard InChI is InChI=1S/C16H24N2O2S/c1-12-10-15(18-21(3,19)20)11-13(2)16(12)5-4-14-6-8-17-9-7-14/h4-5,10-11,14,17-18H,6-9H2,1-3H3/b5-4+. The molecule has 0 aliphatic carbocycles. The van der Waals surface area contributed by atoms with Crippen LogP contribution in [0.4, 0.5) is 5.69 Å². The number of nitrogens with one attached hydrogen (secondary N) is 2. The second kappa shape index (κ2) is 6.62. The normalized spacial score (nSPS) is 17.3. The number of rotatable bonds is 4. The summed E-state index contributed by atoms with van der Waals surface area (Å²) < 4.78 is 25.2. The van der Waals surface area contributed by atoms with E-state index >= 15 is 0 Å². The summed E-state index contributed by atoms with van der Waals surface area (Å²) in [5.41, 5.74) is 4.00. The third-order valence-corrected chi connectivity index (χ3v) is 4.42. The van der Waals surface area contributed by atoms with E-state index < -0.39 is 10.0 Å². The lowest BCUT2D eigenvalue weighted by Crippen LogP contribution is -2.26. The third kappa shape index (κ3) is 4.86. The predicted molar refractivity (Wildman–Crippen MR) is 89.0 cm³/mol. The first-order valence-corrected chi connectivity index (χ1v) is 9.22. The van der Waals surface area contributed by atoms with Crippen molar-refractivity contribution >= 4 is 21.8 Å². The highest BCUT2D eigenvalue weighted by Crippen LogP contribution is 2.23. The fraction of sp³-hybridized carbons (Fsp3) is 0.500. The first-order chi connectivity index (χ1) is 9.85. The summed E-state index contributed by atoms with van der Waals surface area (Å²) in [7, 11) is -3.23. The van der Waals surface area contributed by atoms with Gasteiger partial charge in [0.1, 0.15) is 0 Å². The minimum atomic E-state index is -3.23. The highest BCUT2D eigenvalue weighted by Gasteiger charge is 2.10. The second-order valence-electron chi connectivity index (χ2n) is 5.84. The Bertz CT molecular complexity index is 607. The van der Waals surface area contributed by atoms with Gasteiger partial charge in [-0.1, -0.05) is 12.2 Å². The molecule has 2 N–H and O–H groups in total. The maximum atomic E-state index is 11.3. The Labute approximate surface area is 127 Å². The Morgan fingerprint density at radius 3 is 2.29 bits per heavy atom. The number of sulfonamides is 1. The summed E-state index contributed by atoms with van der Waals surface area (Å²) in [6.45, 7) is 6.21. The van der Waals surface area contributed by atoms with Crippen molar-refractivity contribution in [2.75, 3.05) is 24.1 Å². The van der Waals surface area contributed by atoms with E-state index in [1.165, 1.54) is 24.7 Å². The molecule has 116 valence electrons. The van der Waals surface area contributed by atoms with Crippen LogP contribution in [0.2, 0.25) is 0 Å². The van der Waals surface area contributed by atoms with Crippen LogP contribution < -0.4 is 10.0 Å². The lowest BCUT2D eigenvalue weighted by molar-refractivity contribution is 0.438. The van der Waals surface area contributed by atoms with E-state index in [1.807, 2.05) is 26.0 Å². The fourth-order valence-corrected chi connectivity index (χ4v) is 3.33. The summed E-state index contributed by atoms with van der Waals surface area (Å²) in [6.07, 6.45) is 8.01. The van der Waals surface area contributed by atoms with E-state index in [0.717, 1.165) is 24.2 Å². The topological polar surface area (TPSA) is 58.2 Å². The van der Waals surface area contributed by atoms with Crippen molar-refractivity contribution in [3.05, 3.63) is 34.9 Å². The van der Waals surface area contributed by atoms with Crippen molar-refractivity contribution in [3.63, 3.8) is 0 Å². The zero-order chi connectivity index (χ0) is 15.5. The van der Waals surface area contributed by atoms with Gasteiger partial charge in [0, 0.05) is 5.69 Å². The smallest absolute Gasteiger partial charge is 0.229 e. The van der Waals surface area contributed by atoms with Crippen LogP contribution in [0.3, 0.4) is 0 Å². The van der Waals surface area contributed by atoms with Crippen LogP contribution in [-0.4, -0.2) is 27.8 Å². The van der Waals surface area contributed by atoms with E-state index in [0.29, 0.717) is 11.6 Å². The van der Waals surface area contributed by atoms with Gasteiger partial charge in [0.05, 0.1) is 6.26 Å². The summed E-state index contributed by atoms with van der Waals surface area (Å²) in [5, 5.41) is 3.37. The molecule has 4 nitrogen and oxygen atoms in total. The summed E-state index contributed by atoms with van der Waals surface area (Å²) in [4.78, 5) is 0. The molecule has 1 saturated heterocycles. The van der Waals surface area contributed by atoms with Gasteiger partial charge in [-0.05, 0) is 74.5 Å². The molecule has 0 bridgehead atoms. The molecule has 0 radical (unpaired) electrons. The van der Waals surface area contributed by atoms with Gasteiger partial charge in [-0.2, -0.15) is 0 Å². The molecule has 0 spiro atoms. The summed E-state index contributed by atoms with van der Waals surface area (Å²) in [5.74, 6) is 0.638. The van der Waals surface area contributed by atoms with Crippen molar-refractivity contribution in [1.29, 1.82) is 0 Å². The van der Waals surface area contributed by atoms with Crippen LogP contribution in [-0.2, 0) is 10.0 Å². The van der Waals surface area contributed by atoms with Crippen molar-refractivity contribution in [1.82, 2.24) is 5.32 Å². The molecule has 0 aromatic heterocycles. The van der Waals surface area contributed by atoms with Gasteiger partial charge in [-0.3, -0.25) is 4.72 Å². The molecular formula is C16H24N2O2S. The molecule has 5 heteroatoms. The van der Waals surface area contributed by atoms with Gasteiger partial charge < -0.3 is 5.32 Å². The largest absolute Gasteiger partial charge is 0.317 e. The Kier molecular flexibility index (Phi) is 5.06. The Morgan fingerprint density at radius 1 is 1.19 bits per heavy atom. The van der Waals surface area contributed by atoms with Crippen molar-refractivity contribution in [3.8, 4) is 0 Å².